The molecule has 0 aromatic carbocycles. The minimum absolute atomic E-state index is 0.0143. The number of carbonyl (C=O) groups excluding carboxylic acids is 1. The Morgan fingerprint density at radius 2 is 2.40 bits per heavy atom. The molecule has 0 aliphatic rings. The van der Waals surface area contributed by atoms with Crippen molar-refractivity contribution in [1.29, 1.82) is 0 Å². The Labute approximate surface area is 89.6 Å². The lowest BCUT2D eigenvalue weighted by Crippen LogP contribution is -2.27. The molecule has 1 unspecified atom stereocenters. The Kier molecular flexibility index (Phi) is 8.52. The second-order valence-corrected chi connectivity index (χ2v) is 3.42. The molecule has 1 atom stereocenters. The van der Waals surface area contributed by atoms with E-state index in [2.05, 4.69) is 15.3 Å². The third-order valence-corrected chi connectivity index (χ3v) is 1.81. The first-order valence-corrected chi connectivity index (χ1v) is 4.97. The van der Waals surface area contributed by atoms with Gasteiger partial charge in [-0.2, -0.15) is 0 Å². The molecule has 0 spiro atoms. The van der Waals surface area contributed by atoms with E-state index in [4.69, 9.17) is 10.3 Å². The molecule has 0 aliphatic heterocycles. The van der Waals surface area contributed by atoms with Crippen molar-refractivity contribution < 1.29 is 9.53 Å². The Balaban J connectivity index is 3.44. The van der Waals surface area contributed by atoms with E-state index in [1.807, 2.05) is 6.92 Å². The fourth-order valence-electron chi connectivity index (χ4n) is 1.15. The lowest BCUT2D eigenvalue weighted by Gasteiger charge is -2.09. The largest absolute Gasteiger partial charge is 0.384 e. The second-order valence-electron chi connectivity index (χ2n) is 3.42. The average molecular weight is 214 g/mol. The fourth-order valence-corrected chi connectivity index (χ4v) is 1.15. The number of hydrogen-bond acceptors (Lipinski definition) is 3. The van der Waals surface area contributed by atoms with Crippen LogP contribution in [0.1, 0.15) is 19.8 Å². The number of nitrogens with one attached hydrogen (secondary N) is 1. The number of methoxy groups -OCH3 is 1. The van der Waals surface area contributed by atoms with E-state index in [1.54, 1.807) is 7.11 Å². The van der Waals surface area contributed by atoms with Gasteiger partial charge in [0, 0.05) is 38.1 Å². The molecule has 0 aromatic rings. The molecule has 6 nitrogen and oxygen atoms in total. The number of hydrogen-bond donors (Lipinski definition) is 1. The quantitative estimate of drug-likeness (QED) is 0.287. The minimum atomic E-state index is 0.0143. The van der Waals surface area contributed by atoms with E-state index in [0.29, 0.717) is 32.5 Å². The van der Waals surface area contributed by atoms with Gasteiger partial charge in [0.1, 0.15) is 0 Å². The Hall–Kier alpha value is -1.26. The molecule has 0 fully saturated rings. The maximum absolute atomic E-state index is 11.3. The van der Waals surface area contributed by atoms with E-state index in [1.165, 1.54) is 0 Å². The third-order valence-electron chi connectivity index (χ3n) is 1.81. The summed E-state index contributed by atoms with van der Waals surface area (Å²) < 4.78 is 4.93. The van der Waals surface area contributed by atoms with E-state index in [9.17, 15) is 4.79 Å². The van der Waals surface area contributed by atoms with Gasteiger partial charge in [-0.3, -0.25) is 4.79 Å². The third kappa shape index (κ3) is 9.05. The van der Waals surface area contributed by atoms with E-state index in [0.717, 1.165) is 0 Å². The molecular weight excluding hydrogens is 196 g/mol. The summed E-state index contributed by atoms with van der Waals surface area (Å²) in [6.07, 6.45) is 1.14. The molecule has 0 radical (unpaired) electrons. The van der Waals surface area contributed by atoms with Gasteiger partial charge >= 0.3 is 0 Å². The van der Waals surface area contributed by atoms with Crippen molar-refractivity contribution in [3.05, 3.63) is 10.4 Å². The zero-order chi connectivity index (χ0) is 11.5. The molecule has 0 heterocycles. The fraction of sp³-hybridized carbons (Fsp3) is 0.889. The first kappa shape index (κ1) is 13.7. The van der Waals surface area contributed by atoms with Crippen LogP contribution >= 0.6 is 0 Å². The summed E-state index contributed by atoms with van der Waals surface area (Å²) in [4.78, 5) is 13.9. The van der Waals surface area contributed by atoms with Crippen molar-refractivity contribution in [2.45, 2.75) is 19.8 Å². The molecule has 6 heteroatoms. The Morgan fingerprint density at radius 3 is 3.00 bits per heavy atom. The van der Waals surface area contributed by atoms with Crippen LogP contribution < -0.4 is 5.32 Å². The van der Waals surface area contributed by atoms with Gasteiger partial charge in [0.15, 0.2) is 0 Å². The van der Waals surface area contributed by atoms with Gasteiger partial charge in [0.25, 0.3) is 0 Å². The van der Waals surface area contributed by atoms with Crippen LogP contribution in [0.2, 0.25) is 0 Å². The van der Waals surface area contributed by atoms with Crippen LogP contribution in [-0.4, -0.2) is 32.7 Å². The van der Waals surface area contributed by atoms with Crippen molar-refractivity contribution in [1.82, 2.24) is 5.32 Å². The highest BCUT2D eigenvalue weighted by Crippen LogP contribution is 2.01. The van der Waals surface area contributed by atoms with Gasteiger partial charge in [-0.1, -0.05) is 12.0 Å². The van der Waals surface area contributed by atoms with Crippen LogP contribution in [0.4, 0.5) is 0 Å². The monoisotopic (exact) mass is 214 g/mol. The lowest BCUT2D eigenvalue weighted by atomic mass is 10.1. The van der Waals surface area contributed by atoms with Gasteiger partial charge in [-0.25, -0.2) is 0 Å². The van der Waals surface area contributed by atoms with Crippen molar-refractivity contribution in [3.8, 4) is 0 Å². The van der Waals surface area contributed by atoms with E-state index < -0.39 is 0 Å². The number of carbonyl (C=O) groups is 1. The standard InChI is InChI=1S/C9H18N4O2/c1-8(7-15-2)6-9(14)11-4-3-5-12-13-10/h8H,3-7H2,1-2H3,(H,11,14). The number of azide groups is 1. The van der Waals surface area contributed by atoms with Gasteiger partial charge in [-0.05, 0) is 17.9 Å². The van der Waals surface area contributed by atoms with Gasteiger partial charge in [0.05, 0.1) is 0 Å². The van der Waals surface area contributed by atoms with Gasteiger partial charge < -0.3 is 10.1 Å². The molecule has 1 N–H and O–H groups in total. The van der Waals surface area contributed by atoms with Crippen LogP contribution in [0.5, 0.6) is 0 Å². The summed E-state index contributed by atoms with van der Waals surface area (Å²) in [5, 5.41) is 6.12. The molecule has 0 rings (SSSR count). The molecule has 86 valence electrons. The molecule has 15 heavy (non-hydrogen) atoms. The lowest BCUT2D eigenvalue weighted by molar-refractivity contribution is -0.122. The van der Waals surface area contributed by atoms with Crippen LogP contribution in [0, 0.1) is 5.92 Å². The van der Waals surface area contributed by atoms with Crippen LogP contribution in [0.3, 0.4) is 0 Å². The van der Waals surface area contributed by atoms with Crippen molar-refractivity contribution >= 4 is 5.91 Å². The molecular formula is C9H18N4O2. The summed E-state index contributed by atoms with van der Waals surface area (Å²) in [6, 6.07) is 0. The number of rotatable bonds is 8. The number of amides is 1. The zero-order valence-corrected chi connectivity index (χ0v) is 9.27. The van der Waals surface area contributed by atoms with E-state index in [-0.39, 0.29) is 11.8 Å². The topological polar surface area (TPSA) is 87.1 Å². The number of ether oxygens (including phenoxy) is 1. The molecule has 1 amide bonds. The minimum Gasteiger partial charge on any atom is -0.384 e. The van der Waals surface area contributed by atoms with Crippen LogP contribution in [-0.2, 0) is 9.53 Å². The predicted octanol–water partition coefficient (Wildman–Crippen LogP) is 1.48. The molecule has 0 aromatic heterocycles. The predicted molar refractivity (Wildman–Crippen MR) is 57.3 cm³/mol. The summed E-state index contributed by atoms with van der Waals surface area (Å²) >= 11 is 0. The van der Waals surface area contributed by atoms with Crippen molar-refractivity contribution in [2.24, 2.45) is 11.0 Å². The Bertz CT molecular complexity index is 226. The first-order valence-electron chi connectivity index (χ1n) is 4.97. The SMILES string of the molecule is COCC(C)CC(=O)NCCCN=[N+]=[N-]. The average Bonchev–Trinajstić information content (AvgIpc) is 2.17. The summed E-state index contributed by atoms with van der Waals surface area (Å²) in [7, 11) is 1.62. The Morgan fingerprint density at radius 1 is 1.67 bits per heavy atom. The molecule has 0 bridgehead atoms. The van der Waals surface area contributed by atoms with Gasteiger partial charge in [-0.15, -0.1) is 0 Å². The highest BCUT2D eigenvalue weighted by Gasteiger charge is 2.07. The first-order chi connectivity index (χ1) is 7.20. The zero-order valence-electron chi connectivity index (χ0n) is 9.27. The second kappa shape index (κ2) is 9.30. The normalized spacial score (nSPS) is 11.6. The highest BCUT2D eigenvalue weighted by atomic mass is 16.5. The van der Waals surface area contributed by atoms with Crippen molar-refractivity contribution in [2.75, 3.05) is 26.8 Å². The summed E-state index contributed by atoms with van der Waals surface area (Å²) in [6.45, 7) is 3.52. The van der Waals surface area contributed by atoms with E-state index >= 15 is 0 Å². The smallest absolute Gasteiger partial charge is 0.220 e. The molecule has 0 saturated heterocycles. The molecule has 0 aliphatic carbocycles. The highest BCUT2D eigenvalue weighted by molar-refractivity contribution is 5.76. The summed E-state index contributed by atoms with van der Waals surface area (Å²) in [5.74, 6) is 0.243. The van der Waals surface area contributed by atoms with Crippen LogP contribution in [0.15, 0.2) is 5.11 Å². The summed E-state index contributed by atoms with van der Waals surface area (Å²) in [5.41, 5.74) is 8.01. The van der Waals surface area contributed by atoms with Gasteiger partial charge in [0.2, 0.25) is 5.91 Å². The van der Waals surface area contributed by atoms with Crippen LogP contribution in [0.25, 0.3) is 10.4 Å². The maximum Gasteiger partial charge on any atom is 0.220 e. The molecule has 0 saturated carbocycles. The maximum atomic E-state index is 11.3. The van der Waals surface area contributed by atoms with Crippen molar-refractivity contribution in [3.63, 3.8) is 0 Å². The number of nitrogens with zero attached hydrogens (tertiary/aromatic N) is 3.